The van der Waals surface area contributed by atoms with Crippen LogP contribution in [-0.4, -0.2) is 31.1 Å². The van der Waals surface area contributed by atoms with Crippen molar-refractivity contribution in [2.24, 2.45) is 11.7 Å². The van der Waals surface area contributed by atoms with E-state index in [0.29, 0.717) is 5.92 Å². The van der Waals surface area contributed by atoms with E-state index in [1.165, 1.54) is 0 Å². The summed E-state index contributed by atoms with van der Waals surface area (Å²) in [6.45, 7) is 5.98. The maximum absolute atomic E-state index is 9.29. The molecule has 1 rings (SSSR count). The van der Waals surface area contributed by atoms with Gasteiger partial charge in [-0.3, -0.25) is 0 Å². The Hall–Kier alpha value is -1.37. The molecule has 0 fully saturated rings. The third-order valence-electron chi connectivity index (χ3n) is 3.55. The van der Waals surface area contributed by atoms with E-state index >= 15 is 0 Å². The van der Waals surface area contributed by atoms with Crippen molar-refractivity contribution in [1.29, 1.82) is 5.26 Å². The lowest BCUT2D eigenvalue weighted by atomic mass is 9.99. The molecule has 0 aliphatic heterocycles. The first-order chi connectivity index (χ1) is 9.04. The van der Waals surface area contributed by atoms with E-state index in [4.69, 9.17) is 5.73 Å². The summed E-state index contributed by atoms with van der Waals surface area (Å²) in [5.41, 5.74) is 7.14. The van der Waals surface area contributed by atoms with E-state index in [1.807, 2.05) is 30.3 Å². The van der Waals surface area contributed by atoms with Gasteiger partial charge in [-0.25, -0.2) is 0 Å². The van der Waals surface area contributed by atoms with E-state index in [-0.39, 0.29) is 12.0 Å². The van der Waals surface area contributed by atoms with Gasteiger partial charge in [-0.15, -0.1) is 0 Å². The second-order valence-corrected chi connectivity index (χ2v) is 5.55. The predicted molar refractivity (Wildman–Crippen MR) is 79.7 cm³/mol. The molecule has 3 nitrogen and oxygen atoms in total. The van der Waals surface area contributed by atoms with Gasteiger partial charge < -0.3 is 10.6 Å². The van der Waals surface area contributed by atoms with Crippen LogP contribution in [-0.2, 0) is 0 Å². The summed E-state index contributed by atoms with van der Waals surface area (Å²) in [5.74, 6) is 0.441. The molecule has 2 unspecified atom stereocenters. The van der Waals surface area contributed by atoms with Gasteiger partial charge in [-0.1, -0.05) is 44.2 Å². The molecule has 1 aromatic carbocycles. The molecule has 1 aromatic rings. The van der Waals surface area contributed by atoms with E-state index < -0.39 is 0 Å². The van der Waals surface area contributed by atoms with Crippen LogP contribution in [0.25, 0.3) is 0 Å². The zero-order chi connectivity index (χ0) is 14.3. The van der Waals surface area contributed by atoms with Gasteiger partial charge in [-0.2, -0.15) is 5.26 Å². The zero-order valence-electron chi connectivity index (χ0n) is 12.2. The van der Waals surface area contributed by atoms with Crippen LogP contribution in [0.1, 0.15) is 31.7 Å². The van der Waals surface area contributed by atoms with E-state index in [9.17, 15) is 5.26 Å². The van der Waals surface area contributed by atoms with Crippen LogP contribution in [0.2, 0.25) is 0 Å². The average Bonchev–Trinajstić information content (AvgIpc) is 2.42. The monoisotopic (exact) mass is 259 g/mol. The molecule has 0 radical (unpaired) electrons. The summed E-state index contributed by atoms with van der Waals surface area (Å²) in [6, 6.07) is 12.6. The lowest BCUT2D eigenvalue weighted by Crippen LogP contribution is -2.33. The van der Waals surface area contributed by atoms with Gasteiger partial charge in [-0.05, 0) is 31.5 Å². The molecule has 0 heterocycles. The fourth-order valence-electron chi connectivity index (χ4n) is 2.01. The number of likely N-dealkylation sites (N-methyl/N-ethyl adjacent to an activating group) is 1. The highest BCUT2D eigenvalue weighted by Gasteiger charge is 2.14. The molecular weight excluding hydrogens is 234 g/mol. The Morgan fingerprint density at radius 2 is 1.89 bits per heavy atom. The fraction of sp³-hybridized carbons (Fsp3) is 0.562. The third kappa shape index (κ3) is 5.42. The molecule has 0 saturated heterocycles. The van der Waals surface area contributed by atoms with Crippen molar-refractivity contribution in [2.45, 2.75) is 32.2 Å². The summed E-state index contributed by atoms with van der Waals surface area (Å²) in [6.07, 6.45) is 0.973. The molecule has 2 N–H and O–H groups in total. The number of rotatable bonds is 7. The molecular formula is C16H25N3. The van der Waals surface area contributed by atoms with Crippen LogP contribution >= 0.6 is 0 Å². The minimum absolute atomic E-state index is 0.0681. The Kier molecular flexibility index (Phi) is 6.55. The van der Waals surface area contributed by atoms with Gasteiger partial charge in [0.25, 0.3) is 0 Å². The van der Waals surface area contributed by atoms with Crippen LogP contribution in [0.15, 0.2) is 30.3 Å². The minimum atomic E-state index is -0.0681. The number of hydrogen-bond acceptors (Lipinski definition) is 3. The topological polar surface area (TPSA) is 53.0 Å². The quantitative estimate of drug-likeness (QED) is 0.819. The van der Waals surface area contributed by atoms with Crippen molar-refractivity contribution in [3.05, 3.63) is 35.9 Å². The second kappa shape index (κ2) is 7.93. The number of hydrogen-bond donors (Lipinski definition) is 1. The first kappa shape index (κ1) is 15.7. The second-order valence-electron chi connectivity index (χ2n) is 5.55. The van der Waals surface area contributed by atoms with Crippen molar-refractivity contribution in [2.75, 3.05) is 20.1 Å². The van der Waals surface area contributed by atoms with Crippen molar-refractivity contribution in [3.63, 3.8) is 0 Å². The van der Waals surface area contributed by atoms with Gasteiger partial charge in [0.05, 0.1) is 12.0 Å². The maximum atomic E-state index is 9.29. The number of benzene rings is 1. The van der Waals surface area contributed by atoms with E-state index in [1.54, 1.807) is 0 Å². The average molecular weight is 259 g/mol. The van der Waals surface area contributed by atoms with Gasteiger partial charge >= 0.3 is 0 Å². The maximum Gasteiger partial charge on any atom is 0.0839 e. The van der Waals surface area contributed by atoms with Crippen molar-refractivity contribution < 1.29 is 0 Å². The largest absolute Gasteiger partial charge is 0.327 e. The first-order valence-electron chi connectivity index (χ1n) is 6.93. The molecule has 0 saturated carbocycles. The van der Waals surface area contributed by atoms with Crippen LogP contribution in [0.3, 0.4) is 0 Å². The van der Waals surface area contributed by atoms with Crippen LogP contribution in [0.4, 0.5) is 0 Å². The molecule has 0 aromatic heterocycles. The number of nitriles is 1. The SMILES string of the molecule is CC(C)C(N)CCN(C)CC(C#N)c1ccccc1. The van der Waals surface area contributed by atoms with Crippen molar-refractivity contribution in [3.8, 4) is 6.07 Å². The van der Waals surface area contributed by atoms with E-state index in [0.717, 1.165) is 25.1 Å². The van der Waals surface area contributed by atoms with Crippen LogP contribution in [0.5, 0.6) is 0 Å². The highest BCUT2D eigenvalue weighted by molar-refractivity contribution is 5.25. The molecule has 2 atom stereocenters. The van der Waals surface area contributed by atoms with Gasteiger partial charge in [0, 0.05) is 12.6 Å². The van der Waals surface area contributed by atoms with Gasteiger partial charge in [0.15, 0.2) is 0 Å². The molecule has 0 aliphatic rings. The zero-order valence-corrected chi connectivity index (χ0v) is 12.2. The lowest BCUT2D eigenvalue weighted by Gasteiger charge is -2.23. The molecule has 0 amide bonds. The summed E-state index contributed by atoms with van der Waals surface area (Å²) < 4.78 is 0. The predicted octanol–water partition coefficient (Wildman–Crippen LogP) is 2.60. The van der Waals surface area contributed by atoms with Gasteiger partial charge in [0.2, 0.25) is 0 Å². The van der Waals surface area contributed by atoms with Crippen molar-refractivity contribution in [1.82, 2.24) is 4.90 Å². The number of nitrogens with two attached hydrogens (primary N) is 1. The Morgan fingerprint density at radius 1 is 1.26 bits per heavy atom. The lowest BCUT2D eigenvalue weighted by molar-refractivity contribution is 0.298. The van der Waals surface area contributed by atoms with Crippen LogP contribution in [0, 0.1) is 17.2 Å². The summed E-state index contributed by atoms with van der Waals surface area (Å²) in [5, 5.41) is 9.29. The Morgan fingerprint density at radius 3 is 2.42 bits per heavy atom. The molecule has 104 valence electrons. The van der Waals surface area contributed by atoms with E-state index in [2.05, 4.69) is 31.9 Å². The number of nitrogens with zero attached hydrogens (tertiary/aromatic N) is 2. The minimum Gasteiger partial charge on any atom is -0.327 e. The highest BCUT2D eigenvalue weighted by atomic mass is 15.1. The van der Waals surface area contributed by atoms with Crippen LogP contribution < -0.4 is 5.73 Å². The Labute approximate surface area is 117 Å². The first-order valence-corrected chi connectivity index (χ1v) is 6.93. The summed E-state index contributed by atoms with van der Waals surface area (Å²) >= 11 is 0. The Bertz CT molecular complexity index is 394. The summed E-state index contributed by atoms with van der Waals surface area (Å²) in [4.78, 5) is 2.20. The summed E-state index contributed by atoms with van der Waals surface area (Å²) in [7, 11) is 2.06. The standard InChI is InChI=1S/C16H25N3/c1-13(2)16(18)9-10-19(3)12-15(11-17)14-7-5-4-6-8-14/h4-8,13,15-16H,9-10,12,18H2,1-3H3. The molecule has 0 spiro atoms. The highest BCUT2D eigenvalue weighted by Crippen LogP contribution is 2.16. The molecule has 0 bridgehead atoms. The normalized spacial score (nSPS) is 14.4. The smallest absolute Gasteiger partial charge is 0.0839 e. The third-order valence-corrected chi connectivity index (χ3v) is 3.55. The Balaban J connectivity index is 2.47. The molecule has 3 heteroatoms. The van der Waals surface area contributed by atoms with Gasteiger partial charge in [0.1, 0.15) is 0 Å². The molecule has 19 heavy (non-hydrogen) atoms. The van der Waals surface area contributed by atoms with Crippen molar-refractivity contribution >= 4 is 0 Å². The molecule has 0 aliphatic carbocycles. The fourth-order valence-corrected chi connectivity index (χ4v) is 2.01.